The van der Waals surface area contributed by atoms with Gasteiger partial charge in [0, 0.05) is 6.08 Å². The van der Waals surface area contributed by atoms with Crippen molar-refractivity contribution in [3.05, 3.63) is 65.7 Å². The molecule has 0 bridgehead atoms. The molecule has 0 aliphatic carbocycles. The summed E-state index contributed by atoms with van der Waals surface area (Å²) in [5, 5.41) is 19.7. The number of para-hydroxylation sites is 2. The van der Waals surface area contributed by atoms with E-state index in [1.807, 2.05) is 31.2 Å². The number of aliphatic hydroxyl groups is 1. The topological polar surface area (TPSA) is 117 Å². The summed E-state index contributed by atoms with van der Waals surface area (Å²) in [6.07, 6.45) is 4.80. The van der Waals surface area contributed by atoms with Crippen molar-refractivity contribution in [1.82, 2.24) is 9.97 Å². The molecule has 3 aromatic rings. The van der Waals surface area contributed by atoms with Crippen LogP contribution in [0.25, 0.3) is 22.7 Å². The molecular weight excluding hydrogens is 434 g/mol. The number of imidazole rings is 1. The predicted molar refractivity (Wildman–Crippen MR) is 129 cm³/mol. The molecule has 0 radical (unpaired) electrons. The number of unbranched alkanes of at least 4 members (excludes halogenated alkanes) is 1. The second-order valence-electron chi connectivity index (χ2n) is 7.32. The molecule has 0 saturated heterocycles. The van der Waals surface area contributed by atoms with Crippen molar-refractivity contribution in [3.63, 3.8) is 0 Å². The van der Waals surface area contributed by atoms with E-state index in [9.17, 15) is 15.2 Å². The number of benzene rings is 2. The van der Waals surface area contributed by atoms with Gasteiger partial charge >= 0.3 is 5.97 Å². The number of hydrogen-bond acceptors (Lipinski definition) is 7. The van der Waals surface area contributed by atoms with Gasteiger partial charge in [-0.05, 0) is 49.2 Å². The van der Waals surface area contributed by atoms with Crippen molar-refractivity contribution in [2.45, 2.75) is 26.7 Å². The maximum absolute atomic E-state index is 12.2. The number of carbonyl (C=O) groups is 1. The quantitative estimate of drug-likeness (QED) is 0.133. The first-order valence-electron chi connectivity index (χ1n) is 11.1. The van der Waals surface area contributed by atoms with Crippen LogP contribution in [-0.2, 0) is 9.53 Å². The van der Waals surface area contributed by atoms with Crippen molar-refractivity contribution >= 4 is 28.7 Å². The summed E-state index contributed by atoms with van der Waals surface area (Å²) in [6.45, 7) is 4.61. The molecule has 0 fully saturated rings. The molecule has 0 saturated carbocycles. The number of carbonyl (C=O) groups excluding carboxylic acids is 1. The van der Waals surface area contributed by atoms with Gasteiger partial charge in [0.2, 0.25) is 0 Å². The van der Waals surface area contributed by atoms with Crippen LogP contribution in [0.3, 0.4) is 0 Å². The lowest BCUT2D eigenvalue weighted by molar-refractivity contribution is -0.137. The van der Waals surface area contributed by atoms with Gasteiger partial charge in [0.25, 0.3) is 0 Å². The lowest BCUT2D eigenvalue weighted by Gasteiger charge is -2.12. The van der Waals surface area contributed by atoms with Gasteiger partial charge in [-0.15, -0.1) is 0 Å². The fraction of sp³-hybridized carbons (Fsp3) is 0.269. The van der Waals surface area contributed by atoms with E-state index >= 15 is 0 Å². The molecule has 0 spiro atoms. The Morgan fingerprint density at radius 1 is 1.18 bits per heavy atom. The first-order chi connectivity index (χ1) is 16.5. The average molecular weight is 462 g/mol. The van der Waals surface area contributed by atoms with Crippen molar-refractivity contribution in [3.8, 4) is 17.6 Å². The number of nitrogens with zero attached hydrogens (tertiary/aromatic N) is 2. The van der Waals surface area contributed by atoms with Crippen LogP contribution in [0.1, 0.15) is 38.1 Å². The Kier molecular flexibility index (Phi) is 8.69. The van der Waals surface area contributed by atoms with Gasteiger partial charge in [-0.2, -0.15) is 5.26 Å². The largest absolute Gasteiger partial charge is 0.507 e. The first-order valence-corrected chi connectivity index (χ1v) is 11.1. The van der Waals surface area contributed by atoms with Crippen LogP contribution in [0.5, 0.6) is 11.5 Å². The second-order valence-corrected chi connectivity index (χ2v) is 7.32. The number of nitriles is 1. The van der Waals surface area contributed by atoms with E-state index in [0.29, 0.717) is 30.2 Å². The summed E-state index contributed by atoms with van der Waals surface area (Å²) in [6, 6.07) is 14.5. The molecule has 8 nitrogen and oxygen atoms in total. The van der Waals surface area contributed by atoms with Crippen molar-refractivity contribution < 1.29 is 24.1 Å². The number of esters is 1. The Hall–Kier alpha value is -4.25. The highest BCUT2D eigenvalue weighted by Crippen LogP contribution is 2.29. The van der Waals surface area contributed by atoms with Crippen molar-refractivity contribution in [2.75, 3.05) is 19.8 Å². The zero-order valence-corrected chi connectivity index (χ0v) is 19.2. The van der Waals surface area contributed by atoms with Crippen LogP contribution in [0.4, 0.5) is 0 Å². The minimum absolute atomic E-state index is 0.0898. The van der Waals surface area contributed by atoms with Gasteiger partial charge in [0.15, 0.2) is 23.1 Å². The van der Waals surface area contributed by atoms with Gasteiger partial charge in [0.1, 0.15) is 18.2 Å². The standard InChI is InChI=1S/C26H27N3O5/c1-3-5-14-33-23-12-10-18(15-24(23)32-4-2)11-13-25(31)34-17-22(30)19(16-27)26-28-20-8-6-7-9-21(20)29-26/h6-13,15,30H,3-5,14,17H2,1-2H3,(H,28,29)/b13-11?,22-19-. The molecule has 0 unspecified atom stereocenters. The lowest BCUT2D eigenvalue weighted by atomic mass is 10.2. The number of ether oxygens (including phenoxy) is 3. The lowest BCUT2D eigenvalue weighted by Crippen LogP contribution is -2.06. The van der Waals surface area contributed by atoms with Crippen LogP contribution in [0, 0.1) is 11.3 Å². The molecular formula is C26H27N3O5. The highest BCUT2D eigenvalue weighted by Gasteiger charge is 2.14. The van der Waals surface area contributed by atoms with Gasteiger partial charge in [-0.3, -0.25) is 0 Å². The molecule has 1 aromatic heterocycles. The monoisotopic (exact) mass is 461 g/mol. The molecule has 8 heteroatoms. The zero-order valence-electron chi connectivity index (χ0n) is 19.2. The van der Waals surface area contributed by atoms with Gasteiger partial charge in [-0.25, -0.2) is 9.78 Å². The Bertz CT molecular complexity index is 1200. The van der Waals surface area contributed by atoms with E-state index in [2.05, 4.69) is 16.9 Å². The Morgan fingerprint density at radius 2 is 2.00 bits per heavy atom. The number of aromatic nitrogens is 2. The van der Waals surface area contributed by atoms with Gasteiger partial charge < -0.3 is 24.3 Å². The van der Waals surface area contributed by atoms with Gasteiger partial charge in [0.05, 0.1) is 24.2 Å². The number of aliphatic hydroxyl groups excluding tert-OH is 1. The minimum atomic E-state index is -0.672. The molecule has 2 N–H and O–H groups in total. The average Bonchev–Trinajstić information content (AvgIpc) is 3.27. The SMILES string of the molecule is CCCCOc1ccc(C=CC(=O)OC/C(O)=C(\C#N)c2nc3ccccc3[nH]2)cc1OCC. The van der Waals surface area contributed by atoms with Crippen LogP contribution < -0.4 is 9.47 Å². The second kappa shape index (κ2) is 12.1. The van der Waals surface area contributed by atoms with E-state index in [-0.39, 0.29) is 11.4 Å². The summed E-state index contributed by atoms with van der Waals surface area (Å²) >= 11 is 0. The normalized spacial score (nSPS) is 11.8. The molecule has 34 heavy (non-hydrogen) atoms. The summed E-state index contributed by atoms with van der Waals surface area (Å²) in [7, 11) is 0. The molecule has 3 rings (SSSR count). The smallest absolute Gasteiger partial charge is 0.331 e. The number of allylic oxidation sites excluding steroid dienone is 1. The van der Waals surface area contributed by atoms with Crippen LogP contribution in [0.15, 0.2) is 54.3 Å². The molecule has 1 heterocycles. The van der Waals surface area contributed by atoms with Crippen molar-refractivity contribution in [1.29, 1.82) is 5.26 Å². The van der Waals surface area contributed by atoms with E-state index in [4.69, 9.17) is 14.2 Å². The summed E-state index contributed by atoms with van der Waals surface area (Å²) in [5.74, 6) is 0.390. The number of nitrogens with one attached hydrogen (secondary N) is 1. The molecule has 2 aromatic carbocycles. The van der Waals surface area contributed by atoms with Gasteiger partial charge in [-0.1, -0.05) is 31.5 Å². The third kappa shape index (κ3) is 6.39. The van der Waals surface area contributed by atoms with E-state index in [0.717, 1.165) is 23.9 Å². The fourth-order valence-electron chi connectivity index (χ4n) is 3.09. The molecule has 0 aliphatic heterocycles. The van der Waals surface area contributed by atoms with Crippen LogP contribution in [-0.4, -0.2) is 40.9 Å². The number of aromatic amines is 1. The number of fused-ring (bicyclic) bond motifs is 1. The molecule has 0 amide bonds. The fourth-order valence-corrected chi connectivity index (χ4v) is 3.09. The van der Waals surface area contributed by atoms with Crippen LogP contribution >= 0.6 is 0 Å². The van der Waals surface area contributed by atoms with E-state index in [1.54, 1.807) is 30.3 Å². The summed E-state index contributed by atoms with van der Waals surface area (Å²) in [4.78, 5) is 19.4. The number of hydrogen-bond donors (Lipinski definition) is 2. The number of rotatable bonds is 11. The first kappa shape index (κ1) is 24.4. The summed E-state index contributed by atoms with van der Waals surface area (Å²) < 4.78 is 16.5. The van der Waals surface area contributed by atoms with E-state index < -0.39 is 18.3 Å². The predicted octanol–water partition coefficient (Wildman–Crippen LogP) is 5.19. The highest BCUT2D eigenvalue weighted by atomic mass is 16.5. The third-order valence-electron chi connectivity index (χ3n) is 4.81. The zero-order chi connectivity index (χ0) is 24.3. The Balaban J connectivity index is 1.64. The number of H-pyrrole nitrogens is 1. The maximum Gasteiger partial charge on any atom is 0.331 e. The minimum Gasteiger partial charge on any atom is -0.507 e. The third-order valence-corrected chi connectivity index (χ3v) is 4.81. The maximum atomic E-state index is 12.2. The molecule has 176 valence electrons. The van der Waals surface area contributed by atoms with E-state index in [1.165, 1.54) is 6.08 Å². The van der Waals surface area contributed by atoms with Crippen molar-refractivity contribution in [2.24, 2.45) is 0 Å². The Labute approximate surface area is 198 Å². The van der Waals surface area contributed by atoms with Crippen LogP contribution in [0.2, 0.25) is 0 Å². The Morgan fingerprint density at radius 3 is 2.74 bits per heavy atom. The highest BCUT2D eigenvalue weighted by molar-refractivity contribution is 5.87. The molecule has 0 aliphatic rings. The molecule has 0 atom stereocenters. The summed E-state index contributed by atoms with van der Waals surface area (Å²) in [5.41, 5.74) is 2.02.